The summed E-state index contributed by atoms with van der Waals surface area (Å²) in [6.07, 6.45) is 1.98. The number of rotatable bonds is 5. The van der Waals surface area contributed by atoms with Gasteiger partial charge in [-0.05, 0) is 25.0 Å². The Bertz CT molecular complexity index is 561. The number of nitriles is 1. The second kappa shape index (κ2) is 5.35. The van der Waals surface area contributed by atoms with Crippen LogP contribution < -0.4 is 10.6 Å². The van der Waals surface area contributed by atoms with Crippen molar-refractivity contribution < 1.29 is 9.72 Å². The maximum absolute atomic E-state index is 11.5. The Kier molecular flexibility index (Phi) is 3.61. The van der Waals surface area contributed by atoms with E-state index in [-0.39, 0.29) is 35.4 Å². The molecule has 0 heterocycles. The van der Waals surface area contributed by atoms with Crippen LogP contribution in [-0.2, 0) is 4.79 Å². The fourth-order valence-corrected chi connectivity index (χ4v) is 1.58. The van der Waals surface area contributed by atoms with Crippen LogP contribution in [-0.4, -0.2) is 23.4 Å². The highest BCUT2D eigenvalue weighted by Crippen LogP contribution is 2.25. The SMILES string of the molecule is N#Cc1ccc(NCC(=O)NC2CC2)c([N+](=O)[O-])c1. The number of benzene rings is 1. The number of nitro groups is 1. The largest absolute Gasteiger partial charge is 0.371 e. The molecule has 0 atom stereocenters. The predicted octanol–water partition coefficient (Wildman–Crippen LogP) is 1.16. The fourth-order valence-electron chi connectivity index (χ4n) is 1.58. The fraction of sp³-hybridized carbons (Fsp3) is 0.333. The monoisotopic (exact) mass is 260 g/mol. The van der Waals surface area contributed by atoms with Crippen molar-refractivity contribution in [1.82, 2.24) is 5.32 Å². The number of anilines is 1. The lowest BCUT2D eigenvalue weighted by Gasteiger charge is -2.07. The molecule has 0 aliphatic heterocycles. The van der Waals surface area contributed by atoms with E-state index in [1.54, 1.807) is 0 Å². The van der Waals surface area contributed by atoms with Crippen LogP contribution in [0.2, 0.25) is 0 Å². The van der Waals surface area contributed by atoms with Gasteiger partial charge in [0.15, 0.2) is 0 Å². The predicted molar refractivity (Wildman–Crippen MR) is 67.5 cm³/mol. The van der Waals surface area contributed by atoms with Crippen LogP contribution in [0.4, 0.5) is 11.4 Å². The summed E-state index contributed by atoms with van der Waals surface area (Å²) < 4.78 is 0. The lowest BCUT2D eigenvalue weighted by atomic mass is 10.2. The summed E-state index contributed by atoms with van der Waals surface area (Å²) in [7, 11) is 0. The lowest BCUT2D eigenvalue weighted by Crippen LogP contribution is -2.31. The second-order valence-corrected chi connectivity index (χ2v) is 4.30. The third-order valence-corrected chi connectivity index (χ3v) is 2.71. The van der Waals surface area contributed by atoms with Crippen LogP contribution in [0.3, 0.4) is 0 Å². The Morgan fingerprint density at radius 3 is 2.84 bits per heavy atom. The van der Waals surface area contributed by atoms with E-state index in [1.165, 1.54) is 18.2 Å². The minimum atomic E-state index is -0.581. The summed E-state index contributed by atoms with van der Waals surface area (Å²) in [6, 6.07) is 6.17. The molecule has 7 nitrogen and oxygen atoms in total. The van der Waals surface area contributed by atoms with Crippen molar-refractivity contribution in [2.24, 2.45) is 0 Å². The van der Waals surface area contributed by atoms with Gasteiger partial charge in [0.25, 0.3) is 5.69 Å². The number of nitro benzene ring substituents is 1. The molecule has 0 unspecified atom stereocenters. The van der Waals surface area contributed by atoms with E-state index in [0.717, 1.165) is 12.8 Å². The van der Waals surface area contributed by atoms with Gasteiger partial charge < -0.3 is 10.6 Å². The Hall–Kier alpha value is -2.62. The molecular weight excluding hydrogens is 248 g/mol. The zero-order valence-corrected chi connectivity index (χ0v) is 10.0. The number of amides is 1. The zero-order valence-electron chi connectivity index (χ0n) is 10.0. The summed E-state index contributed by atoms with van der Waals surface area (Å²) in [5.41, 5.74) is 0.230. The summed E-state index contributed by atoms with van der Waals surface area (Å²) in [4.78, 5) is 21.8. The number of carbonyl (C=O) groups is 1. The average molecular weight is 260 g/mol. The smallest absolute Gasteiger partial charge is 0.293 e. The summed E-state index contributed by atoms with van der Waals surface area (Å²) in [5, 5.41) is 25.1. The van der Waals surface area contributed by atoms with Crippen molar-refractivity contribution in [2.75, 3.05) is 11.9 Å². The lowest BCUT2D eigenvalue weighted by molar-refractivity contribution is -0.384. The van der Waals surface area contributed by atoms with Gasteiger partial charge in [-0.15, -0.1) is 0 Å². The number of carbonyl (C=O) groups excluding carboxylic acids is 1. The van der Waals surface area contributed by atoms with Crippen molar-refractivity contribution in [3.05, 3.63) is 33.9 Å². The standard InChI is InChI=1S/C12H12N4O3/c13-6-8-1-4-10(11(5-8)16(18)19)14-7-12(17)15-9-2-3-9/h1,4-5,9,14H,2-3,7H2,(H,15,17). The summed E-state index contributed by atoms with van der Waals surface area (Å²) in [6.45, 7) is -0.0246. The number of nitrogens with zero attached hydrogens (tertiary/aromatic N) is 2. The van der Waals surface area contributed by atoms with Gasteiger partial charge in [0, 0.05) is 12.1 Å². The Morgan fingerprint density at radius 1 is 1.53 bits per heavy atom. The Labute approximate surface area is 109 Å². The molecule has 0 radical (unpaired) electrons. The highest BCUT2D eigenvalue weighted by molar-refractivity contribution is 5.82. The quantitative estimate of drug-likeness (QED) is 0.610. The van der Waals surface area contributed by atoms with Crippen molar-refractivity contribution >= 4 is 17.3 Å². The number of nitrogens with one attached hydrogen (secondary N) is 2. The van der Waals surface area contributed by atoms with Gasteiger partial charge in [-0.2, -0.15) is 5.26 Å². The molecule has 7 heteroatoms. The molecule has 1 fully saturated rings. The Balaban J connectivity index is 2.04. The van der Waals surface area contributed by atoms with Gasteiger partial charge >= 0.3 is 0 Å². The topological polar surface area (TPSA) is 108 Å². The first-order valence-electron chi connectivity index (χ1n) is 5.82. The summed E-state index contributed by atoms with van der Waals surface area (Å²) in [5.74, 6) is -0.193. The van der Waals surface area contributed by atoms with E-state index in [9.17, 15) is 14.9 Å². The average Bonchev–Trinajstić information content (AvgIpc) is 3.20. The van der Waals surface area contributed by atoms with E-state index in [0.29, 0.717) is 0 Å². The van der Waals surface area contributed by atoms with Gasteiger partial charge in [-0.3, -0.25) is 14.9 Å². The maximum Gasteiger partial charge on any atom is 0.293 e. The van der Waals surface area contributed by atoms with Crippen molar-refractivity contribution in [3.8, 4) is 6.07 Å². The van der Waals surface area contributed by atoms with E-state index >= 15 is 0 Å². The molecular formula is C12H12N4O3. The molecule has 1 amide bonds. The van der Waals surface area contributed by atoms with Crippen molar-refractivity contribution in [3.63, 3.8) is 0 Å². The van der Waals surface area contributed by atoms with E-state index in [1.807, 2.05) is 6.07 Å². The molecule has 98 valence electrons. The highest BCUT2D eigenvalue weighted by atomic mass is 16.6. The normalized spacial score (nSPS) is 13.4. The molecule has 1 aromatic rings. The van der Waals surface area contributed by atoms with Gasteiger partial charge in [0.1, 0.15) is 5.69 Å². The maximum atomic E-state index is 11.5. The third kappa shape index (κ3) is 3.42. The van der Waals surface area contributed by atoms with Crippen LogP contribution in [0, 0.1) is 21.4 Å². The third-order valence-electron chi connectivity index (χ3n) is 2.71. The van der Waals surface area contributed by atoms with Gasteiger partial charge in [-0.1, -0.05) is 0 Å². The van der Waals surface area contributed by atoms with Crippen LogP contribution in [0.25, 0.3) is 0 Å². The van der Waals surface area contributed by atoms with Gasteiger partial charge in [0.2, 0.25) is 5.91 Å². The van der Waals surface area contributed by atoms with Crippen molar-refractivity contribution in [1.29, 1.82) is 5.26 Å². The zero-order chi connectivity index (χ0) is 13.8. The van der Waals surface area contributed by atoms with Crippen LogP contribution in [0.15, 0.2) is 18.2 Å². The summed E-state index contributed by atoms with van der Waals surface area (Å²) >= 11 is 0. The molecule has 0 saturated heterocycles. The number of hydrogen-bond donors (Lipinski definition) is 2. The van der Waals surface area contributed by atoms with Crippen LogP contribution >= 0.6 is 0 Å². The first-order valence-corrected chi connectivity index (χ1v) is 5.82. The van der Waals surface area contributed by atoms with Gasteiger partial charge in [0.05, 0.1) is 23.1 Å². The molecule has 1 aliphatic rings. The van der Waals surface area contributed by atoms with E-state index in [2.05, 4.69) is 10.6 Å². The minimum Gasteiger partial charge on any atom is -0.371 e. The highest BCUT2D eigenvalue weighted by Gasteiger charge is 2.23. The molecule has 1 aliphatic carbocycles. The molecule has 2 N–H and O–H groups in total. The second-order valence-electron chi connectivity index (χ2n) is 4.30. The van der Waals surface area contributed by atoms with Crippen LogP contribution in [0.1, 0.15) is 18.4 Å². The van der Waals surface area contributed by atoms with Crippen molar-refractivity contribution in [2.45, 2.75) is 18.9 Å². The van der Waals surface area contributed by atoms with E-state index < -0.39 is 4.92 Å². The molecule has 1 aromatic carbocycles. The number of hydrogen-bond acceptors (Lipinski definition) is 5. The first kappa shape index (κ1) is 12.8. The first-order chi connectivity index (χ1) is 9.10. The molecule has 1 saturated carbocycles. The van der Waals surface area contributed by atoms with Gasteiger partial charge in [-0.25, -0.2) is 0 Å². The van der Waals surface area contributed by atoms with Crippen LogP contribution in [0.5, 0.6) is 0 Å². The molecule has 0 spiro atoms. The minimum absolute atomic E-state index is 0.0246. The Morgan fingerprint density at radius 2 is 2.26 bits per heavy atom. The molecule has 19 heavy (non-hydrogen) atoms. The molecule has 0 bridgehead atoms. The van der Waals surface area contributed by atoms with E-state index in [4.69, 9.17) is 5.26 Å². The molecule has 0 aromatic heterocycles. The molecule has 2 rings (SSSR count).